The molecule has 0 spiro atoms. The van der Waals surface area contributed by atoms with Crippen molar-refractivity contribution >= 4 is 0 Å². The fraction of sp³-hybridized carbons (Fsp3) is 0.821. The van der Waals surface area contributed by atoms with Crippen LogP contribution >= 0.6 is 0 Å². The average Bonchev–Trinajstić information content (AvgIpc) is 3.13. The molecule has 4 aliphatic carbocycles. The first kappa shape index (κ1) is 24.5. The molecule has 34 heavy (non-hydrogen) atoms. The summed E-state index contributed by atoms with van der Waals surface area (Å²) in [6.07, 6.45) is 9.50. The molecule has 190 valence electrons. The summed E-state index contributed by atoms with van der Waals surface area (Å²) in [5.74, 6) is 4.45. The molecule has 1 heterocycles. The van der Waals surface area contributed by atoms with Crippen LogP contribution in [-0.4, -0.2) is 29.4 Å². The molecule has 1 aromatic rings. The summed E-state index contributed by atoms with van der Waals surface area (Å²) in [6.45, 7) is 2.97. The number of hydrogen-bond acceptors (Lipinski definition) is 3. The molecule has 0 bridgehead atoms. The molecular weight excluding hydrogens is 439 g/mol. The zero-order valence-electron chi connectivity index (χ0n) is 20.6. The van der Waals surface area contributed by atoms with E-state index in [1.54, 1.807) is 13.2 Å². The summed E-state index contributed by atoms with van der Waals surface area (Å²) >= 11 is 0. The summed E-state index contributed by atoms with van der Waals surface area (Å²) in [4.78, 5) is 3.66. The number of methoxy groups -OCH3 is 1. The zero-order valence-corrected chi connectivity index (χ0v) is 20.6. The van der Waals surface area contributed by atoms with Gasteiger partial charge in [0.1, 0.15) is 5.69 Å². The lowest BCUT2D eigenvalue weighted by Crippen LogP contribution is -2.51. The fourth-order valence-corrected chi connectivity index (χ4v) is 9.03. The maximum Gasteiger partial charge on any atom is 0.433 e. The van der Waals surface area contributed by atoms with Crippen LogP contribution in [0.4, 0.5) is 13.2 Å². The van der Waals surface area contributed by atoms with Crippen molar-refractivity contribution in [3.63, 3.8) is 0 Å². The van der Waals surface area contributed by atoms with Crippen molar-refractivity contribution in [2.45, 2.75) is 89.3 Å². The minimum atomic E-state index is -4.37. The van der Waals surface area contributed by atoms with Gasteiger partial charge < -0.3 is 9.84 Å². The highest BCUT2D eigenvalue weighted by Crippen LogP contribution is 2.65. The first-order valence-corrected chi connectivity index (χ1v) is 13.4. The van der Waals surface area contributed by atoms with Gasteiger partial charge in [-0.05, 0) is 123 Å². The van der Waals surface area contributed by atoms with Crippen molar-refractivity contribution in [1.82, 2.24) is 4.98 Å². The number of hydrogen-bond donors (Lipinski definition) is 1. The summed E-state index contributed by atoms with van der Waals surface area (Å²) in [5.41, 5.74) is -0.155. The molecule has 0 saturated heterocycles. The number of alkyl halides is 3. The van der Waals surface area contributed by atoms with E-state index in [9.17, 15) is 18.3 Å². The van der Waals surface area contributed by atoms with Crippen LogP contribution in [0.2, 0.25) is 0 Å². The van der Waals surface area contributed by atoms with Gasteiger partial charge in [-0.2, -0.15) is 13.2 Å². The van der Waals surface area contributed by atoms with E-state index in [0.717, 1.165) is 67.4 Å². The van der Waals surface area contributed by atoms with Crippen LogP contribution < -0.4 is 0 Å². The van der Waals surface area contributed by atoms with Gasteiger partial charge in [-0.25, -0.2) is 0 Å². The van der Waals surface area contributed by atoms with E-state index < -0.39 is 17.5 Å². The lowest BCUT2D eigenvalue weighted by atomic mass is 9.49. The highest BCUT2D eigenvalue weighted by Gasteiger charge is 2.57. The average molecular weight is 480 g/mol. The Kier molecular flexibility index (Phi) is 6.54. The molecule has 1 N–H and O–H groups in total. The van der Waals surface area contributed by atoms with Crippen molar-refractivity contribution in [2.24, 2.45) is 40.9 Å². The third-order valence-electron chi connectivity index (χ3n) is 10.6. The molecule has 5 rings (SSSR count). The van der Waals surface area contributed by atoms with Crippen molar-refractivity contribution in [3.05, 3.63) is 29.6 Å². The van der Waals surface area contributed by atoms with E-state index in [2.05, 4.69) is 11.9 Å². The molecule has 0 unspecified atom stereocenters. The molecule has 0 aromatic carbocycles. The van der Waals surface area contributed by atoms with E-state index in [0.29, 0.717) is 23.9 Å². The number of aryl methyl sites for hydroxylation is 1. The maximum absolute atomic E-state index is 12.8. The summed E-state index contributed by atoms with van der Waals surface area (Å²) < 4.78 is 43.8. The molecule has 6 heteroatoms. The zero-order chi connectivity index (χ0) is 24.1. The van der Waals surface area contributed by atoms with Gasteiger partial charge in [-0.3, -0.25) is 4.98 Å². The van der Waals surface area contributed by atoms with Gasteiger partial charge in [0.05, 0.1) is 12.2 Å². The number of ether oxygens (including phenoxy) is 1. The highest BCUT2D eigenvalue weighted by atomic mass is 19.4. The third-order valence-corrected chi connectivity index (χ3v) is 10.6. The van der Waals surface area contributed by atoms with E-state index >= 15 is 0 Å². The number of pyridine rings is 1. The second-order valence-electron chi connectivity index (χ2n) is 12.2. The van der Waals surface area contributed by atoms with Crippen LogP contribution in [0.25, 0.3) is 0 Å². The first-order chi connectivity index (χ1) is 16.1. The maximum atomic E-state index is 12.8. The monoisotopic (exact) mass is 479 g/mol. The molecule has 0 aliphatic heterocycles. The van der Waals surface area contributed by atoms with Gasteiger partial charge in [0.15, 0.2) is 0 Å². The topological polar surface area (TPSA) is 42.4 Å². The van der Waals surface area contributed by atoms with Crippen LogP contribution in [0.15, 0.2) is 18.3 Å². The Morgan fingerprint density at radius 3 is 2.53 bits per heavy atom. The highest BCUT2D eigenvalue weighted by molar-refractivity contribution is 5.17. The standard InChI is InChI=1S/C28H40F3NO2/c1-26-13-11-22-21-12-14-27(33,17-34-2)15-19(21)5-8-23(22)24(26)9-7-20(26)6-3-18-4-10-25(32-16-18)28(29,30)31/h4,10,16,19-24,33H,3,5-9,11-15,17H2,1-2H3/t19-,20+,21+,22-,23-,24+,26-,27-/m1/s1. The van der Waals surface area contributed by atoms with E-state index in [1.807, 2.05) is 0 Å². The molecule has 1 aromatic heterocycles. The van der Waals surface area contributed by atoms with E-state index in [1.165, 1.54) is 44.7 Å². The Balaban J connectivity index is 1.22. The number of halogens is 3. The predicted molar refractivity (Wildman–Crippen MR) is 125 cm³/mol. The molecule has 3 nitrogen and oxygen atoms in total. The summed E-state index contributed by atoms with van der Waals surface area (Å²) in [7, 11) is 1.69. The summed E-state index contributed by atoms with van der Waals surface area (Å²) in [5, 5.41) is 11.0. The van der Waals surface area contributed by atoms with Crippen LogP contribution in [0.5, 0.6) is 0 Å². The molecule has 0 amide bonds. The lowest BCUT2D eigenvalue weighted by Gasteiger charge is -2.57. The number of aliphatic hydroxyl groups is 1. The minimum Gasteiger partial charge on any atom is -0.387 e. The van der Waals surface area contributed by atoms with E-state index in [-0.39, 0.29) is 0 Å². The fourth-order valence-electron chi connectivity index (χ4n) is 9.03. The van der Waals surface area contributed by atoms with Gasteiger partial charge in [0.2, 0.25) is 0 Å². The number of nitrogens with zero attached hydrogens (tertiary/aromatic N) is 1. The molecule has 4 saturated carbocycles. The Hall–Kier alpha value is -1.14. The molecule has 0 radical (unpaired) electrons. The smallest absolute Gasteiger partial charge is 0.387 e. The number of rotatable bonds is 5. The lowest BCUT2D eigenvalue weighted by molar-refractivity contribution is -0.141. The quantitative estimate of drug-likeness (QED) is 0.512. The molecular formula is C28H40F3NO2. The van der Waals surface area contributed by atoms with Crippen molar-refractivity contribution < 1.29 is 23.0 Å². The number of aromatic nitrogens is 1. The van der Waals surface area contributed by atoms with Crippen LogP contribution in [0.3, 0.4) is 0 Å². The largest absolute Gasteiger partial charge is 0.433 e. The Bertz CT molecular complexity index is 858. The second-order valence-corrected chi connectivity index (χ2v) is 12.2. The van der Waals surface area contributed by atoms with Gasteiger partial charge in [0.25, 0.3) is 0 Å². The van der Waals surface area contributed by atoms with Crippen molar-refractivity contribution in [3.8, 4) is 0 Å². The van der Waals surface area contributed by atoms with Crippen molar-refractivity contribution in [2.75, 3.05) is 13.7 Å². The van der Waals surface area contributed by atoms with E-state index in [4.69, 9.17) is 4.74 Å². The third kappa shape index (κ3) is 4.42. The summed E-state index contributed by atoms with van der Waals surface area (Å²) in [6, 6.07) is 2.73. The van der Waals surface area contributed by atoms with Crippen LogP contribution in [0, 0.1) is 40.9 Å². The SMILES string of the molecule is COC[C@@]1(O)CC[C@H]2[C@H](CC[C@@H]3[C@@H]2CC[C@]2(C)[C@@H](CCc4ccc(C(F)(F)F)nc4)CC[C@@H]32)C1. The van der Waals surface area contributed by atoms with Crippen LogP contribution in [-0.2, 0) is 17.3 Å². The Labute approximate surface area is 201 Å². The predicted octanol–water partition coefficient (Wildman–Crippen LogP) is 6.68. The molecule has 8 atom stereocenters. The Morgan fingerprint density at radius 2 is 1.82 bits per heavy atom. The van der Waals surface area contributed by atoms with Crippen LogP contribution in [0.1, 0.15) is 82.4 Å². The molecule has 4 fully saturated rings. The van der Waals surface area contributed by atoms with Gasteiger partial charge >= 0.3 is 6.18 Å². The first-order valence-electron chi connectivity index (χ1n) is 13.4. The van der Waals surface area contributed by atoms with Gasteiger partial charge in [-0.1, -0.05) is 13.0 Å². The van der Waals surface area contributed by atoms with Gasteiger partial charge in [0, 0.05) is 13.3 Å². The van der Waals surface area contributed by atoms with Gasteiger partial charge in [-0.15, -0.1) is 0 Å². The van der Waals surface area contributed by atoms with Crippen molar-refractivity contribution in [1.29, 1.82) is 0 Å². The minimum absolute atomic E-state index is 0.360. The normalized spacial score (nSPS) is 42.1. The Morgan fingerprint density at radius 1 is 1.03 bits per heavy atom. The molecule has 4 aliphatic rings. The number of fused-ring (bicyclic) bond motifs is 5. The second kappa shape index (κ2) is 9.06.